The topological polar surface area (TPSA) is 41.6 Å². The molecule has 0 radical (unpaired) electrons. The van der Waals surface area contributed by atoms with Crippen LogP contribution in [0.15, 0.2) is 6.33 Å². The van der Waals surface area contributed by atoms with E-state index in [1.165, 1.54) is 5.69 Å². The second-order valence-corrected chi connectivity index (χ2v) is 4.89. The zero-order valence-electron chi connectivity index (χ0n) is 13.6. The van der Waals surface area contributed by atoms with Gasteiger partial charge in [0.25, 0.3) is 0 Å². The summed E-state index contributed by atoms with van der Waals surface area (Å²) >= 11 is 0. The van der Waals surface area contributed by atoms with Crippen LogP contribution in [0.3, 0.4) is 0 Å². The lowest BCUT2D eigenvalue weighted by Crippen LogP contribution is -2.10. The first-order chi connectivity index (χ1) is 9.08. The van der Waals surface area contributed by atoms with E-state index in [9.17, 15) is 0 Å². The van der Waals surface area contributed by atoms with Gasteiger partial charge in [-0.05, 0) is 25.7 Å². The van der Waals surface area contributed by atoms with Gasteiger partial charge in [0.15, 0.2) is 0 Å². The van der Waals surface area contributed by atoms with Crippen molar-refractivity contribution in [1.29, 1.82) is 5.26 Å². The highest BCUT2D eigenvalue weighted by atomic mass is 15.1. The molecule has 3 heteroatoms. The maximum Gasteiger partial charge on any atom is 0.0952 e. The van der Waals surface area contributed by atoms with Gasteiger partial charge in [-0.3, -0.25) is 0 Å². The molecule has 0 unspecified atom stereocenters. The Balaban J connectivity index is 0.000000741. The SMILES string of the molecule is CC.CC.Cc1c(C(C)C)ncn1CC1(C#N)CC1. The molecule has 2 rings (SSSR count). The average Bonchev–Trinajstić information content (AvgIpc) is 3.13. The first-order valence-electron chi connectivity index (χ1n) is 7.51. The molecule has 108 valence electrons. The average molecular weight is 263 g/mol. The second-order valence-electron chi connectivity index (χ2n) is 4.89. The van der Waals surface area contributed by atoms with Crippen LogP contribution >= 0.6 is 0 Å². The fraction of sp³-hybridized carbons (Fsp3) is 0.750. The molecule has 0 aliphatic heterocycles. The van der Waals surface area contributed by atoms with Gasteiger partial charge >= 0.3 is 0 Å². The van der Waals surface area contributed by atoms with Crippen LogP contribution in [0.1, 0.15) is 71.7 Å². The first-order valence-corrected chi connectivity index (χ1v) is 7.51. The normalized spacial score (nSPS) is 14.7. The van der Waals surface area contributed by atoms with Crippen LogP contribution in [0.25, 0.3) is 0 Å². The van der Waals surface area contributed by atoms with Crippen LogP contribution in [0.5, 0.6) is 0 Å². The monoisotopic (exact) mass is 263 g/mol. The van der Waals surface area contributed by atoms with Crippen LogP contribution in [-0.4, -0.2) is 9.55 Å². The molecule has 1 aromatic heterocycles. The largest absolute Gasteiger partial charge is 0.333 e. The van der Waals surface area contributed by atoms with Gasteiger partial charge in [-0.1, -0.05) is 41.5 Å². The summed E-state index contributed by atoms with van der Waals surface area (Å²) in [6, 6.07) is 2.42. The lowest BCUT2D eigenvalue weighted by Gasteiger charge is -2.10. The highest BCUT2D eigenvalue weighted by Crippen LogP contribution is 2.46. The van der Waals surface area contributed by atoms with E-state index >= 15 is 0 Å². The highest BCUT2D eigenvalue weighted by Gasteiger charge is 2.43. The van der Waals surface area contributed by atoms with Crippen molar-refractivity contribution < 1.29 is 0 Å². The Kier molecular flexibility index (Phi) is 7.44. The smallest absolute Gasteiger partial charge is 0.0952 e. The maximum atomic E-state index is 9.04. The maximum absolute atomic E-state index is 9.04. The molecule has 0 amide bonds. The van der Waals surface area contributed by atoms with Crippen molar-refractivity contribution in [3.05, 3.63) is 17.7 Å². The Labute approximate surface area is 118 Å². The minimum atomic E-state index is -0.0836. The third-order valence-corrected chi connectivity index (χ3v) is 3.25. The van der Waals surface area contributed by atoms with E-state index in [0.29, 0.717) is 5.92 Å². The van der Waals surface area contributed by atoms with Crippen LogP contribution in [0.4, 0.5) is 0 Å². The van der Waals surface area contributed by atoms with E-state index in [1.54, 1.807) is 0 Å². The predicted molar refractivity (Wildman–Crippen MR) is 81.0 cm³/mol. The van der Waals surface area contributed by atoms with Gasteiger partial charge in [-0.15, -0.1) is 0 Å². The van der Waals surface area contributed by atoms with E-state index in [0.717, 1.165) is 25.1 Å². The Morgan fingerprint density at radius 2 is 1.84 bits per heavy atom. The van der Waals surface area contributed by atoms with Crippen molar-refractivity contribution in [3.63, 3.8) is 0 Å². The molecular weight excluding hydrogens is 234 g/mol. The molecule has 0 N–H and O–H groups in total. The highest BCUT2D eigenvalue weighted by molar-refractivity contribution is 5.17. The lowest BCUT2D eigenvalue weighted by atomic mass is 10.1. The summed E-state index contributed by atoms with van der Waals surface area (Å²) in [5, 5.41) is 9.04. The van der Waals surface area contributed by atoms with Gasteiger partial charge in [-0.2, -0.15) is 5.26 Å². The van der Waals surface area contributed by atoms with Crippen LogP contribution in [0, 0.1) is 23.7 Å². The summed E-state index contributed by atoms with van der Waals surface area (Å²) in [6.07, 6.45) is 3.96. The zero-order valence-corrected chi connectivity index (χ0v) is 13.6. The van der Waals surface area contributed by atoms with Crippen LogP contribution in [-0.2, 0) is 6.54 Å². The Morgan fingerprint density at radius 3 is 2.16 bits per heavy atom. The van der Waals surface area contributed by atoms with Crippen LogP contribution in [0.2, 0.25) is 0 Å². The summed E-state index contributed by atoms with van der Waals surface area (Å²) in [5.74, 6) is 0.462. The van der Waals surface area contributed by atoms with Crippen molar-refractivity contribution in [2.45, 2.75) is 73.8 Å². The summed E-state index contributed by atoms with van der Waals surface area (Å²) in [7, 11) is 0. The zero-order chi connectivity index (χ0) is 15.1. The number of imidazole rings is 1. The van der Waals surface area contributed by atoms with E-state index in [1.807, 2.05) is 34.0 Å². The van der Waals surface area contributed by atoms with Crippen molar-refractivity contribution in [1.82, 2.24) is 9.55 Å². The quantitative estimate of drug-likeness (QED) is 0.795. The second kappa shape index (κ2) is 7.99. The van der Waals surface area contributed by atoms with Crippen molar-refractivity contribution in [3.8, 4) is 6.07 Å². The van der Waals surface area contributed by atoms with Gasteiger partial charge < -0.3 is 4.57 Å². The molecular formula is C16H29N3. The summed E-state index contributed by atoms with van der Waals surface area (Å²) in [4.78, 5) is 4.42. The number of nitriles is 1. The molecule has 1 aromatic rings. The molecule has 0 saturated heterocycles. The van der Waals surface area contributed by atoms with Crippen LogP contribution < -0.4 is 0 Å². The third kappa shape index (κ3) is 4.38. The number of rotatable bonds is 3. The predicted octanol–water partition coefficient (Wildman–Crippen LogP) is 4.67. The third-order valence-electron chi connectivity index (χ3n) is 3.25. The molecule has 1 saturated carbocycles. The molecule has 19 heavy (non-hydrogen) atoms. The molecule has 1 aliphatic carbocycles. The fourth-order valence-electron chi connectivity index (χ4n) is 1.97. The summed E-state index contributed by atoms with van der Waals surface area (Å²) in [6.45, 7) is 15.2. The van der Waals surface area contributed by atoms with E-state index in [4.69, 9.17) is 5.26 Å². The molecule has 0 atom stereocenters. The Hall–Kier alpha value is -1.30. The fourth-order valence-corrected chi connectivity index (χ4v) is 1.97. The van der Waals surface area contributed by atoms with Gasteiger partial charge in [0.1, 0.15) is 0 Å². The Bertz CT molecular complexity index is 406. The van der Waals surface area contributed by atoms with Gasteiger partial charge in [0.05, 0.1) is 23.5 Å². The molecule has 0 bridgehead atoms. The molecule has 1 aliphatic rings. The Morgan fingerprint density at radius 1 is 1.32 bits per heavy atom. The molecule has 0 spiro atoms. The molecule has 1 fully saturated rings. The number of aromatic nitrogens is 2. The molecule has 0 aromatic carbocycles. The van der Waals surface area contributed by atoms with Crippen molar-refractivity contribution >= 4 is 0 Å². The standard InChI is InChI=1S/C12H17N3.2C2H6/c1-9(2)11-10(3)15(8-14-11)7-12(6-13)4-5-12;2*1-2/h8-9H,4-5,7H2,1-3H3;2*1-2H3. The minimum absolute atomic E-state index is 0.0836. The minimum Gasteiger partial charge on any atom is -0.333 e. The van der Waals surface area contributed by atoms with Gasteiger partial charge in [0, 0.05) is 12.2 Å². The number of hydrogen-bond acceptors (Lipinski definition) is 2. The van der Waals surface area contributed by atoms with Crippen molar-refractivity contribution in [2.75, 3.05) is 0 Å². The van der Waals surface area contributed by atoms with Crippen molar-refractivity contribution in [2.24, 2.45) is 5.41 Å². The summed E-state index contributed by atoms with van der Waals surface area (Å²) in [5.41, 5.74) is 2.29. The molecule has 3 nitrogen and oxygen atoms in total. The summed E-state index contributed by atoms with van der Waals surface area (Å²) < 4.78 is 2.13. The van der Waals surface area contributed by atoms with Gasteiger partial charge in [-0.25, -0.2) is 4.98 Å². The lowest BCUT2D eigenvalue weighted by molar-refractivity contribution is 0.518. The number of hydrogen-bond donors (Lipinski definition) is 0. The van der Waals surface area contributed by atoms with E-state index in [2.05, 4.69) is 36.4 Å². The molecule has 1 heterocycles. The van der Waals surface area contributed by atoms with E-state index < -0.39 is 0 Å². The van der Waals surface area contributed by atoms with E-state index in [-0.39, 0.29) is 5.41 Å². The number of nitrogens with zero attached hydrogens (tertiary/aromatic N) is 3. The van der Waals surface area contributed by atoms with Gasteiger partial charge in [0.2, 0.25) is 0 Å². The first kappa shape index (κ1) is 17.7.